The number of carbonyl (C=O) groups is 1. The summed E-state index contributed by atoms with van der Waals surface area (Å²) in [5.74, 6) is 0.356. The van der Waals surface area contributed by atoms with E-state index in [1.54, 1.807) is 35.6 Å². The van der Waals surface area contributed by atoms with Crippen LogP contribution in [0.5, 0.6) is 0 Å². The van der Waals surface area contributed by atoms with E-state index in [9.17, 15) is 9.59 Å². The predicted octanol–water partition coefficient (Wildman–Crippen LogP) is 3.87. The van der Waals surface area contributed by atoms with Crippen LogP contribution in [-0.2, 0) is 24.2 Å². The van der Waals surface area contributed by atoms with Crippen molar-refractivity contribution in [2.45, 2.75) is 32.7 Å². The van der Waals surface area contributed by atoms with Crippen LogP contribution in [0.1, 0.15) is 23.8 Å². The molecule has 1 N–H and O–H groups in total. The first-order valence-corrected chi connectivity index (χ1v) is 9.76. The van der Waals surface area contributed by atoms with Crippen LogP contribution < -0.4 is 10.9 Å². The molecule has 1 aromatic carbocycles. The average molecular weight is 388 g/mol. The quantitative estimate of drug-likeness (QED) is 0.741. The maximum absolute atomic E-state index is 12.9. The van der Waals surface area contributed by atoms with Gasteiger partial charge in [-0.2, -0.15) is 0 Å². The molecular weight excluding hydrogens is 370 g/mol. The molecule has 0 bridgehead atoms. The highest BCUT2D eigenvalue weighted by molar-refractivity contribution is 7.18. The number of carbonyl (C=O) groups excluding carboxylic acids is 1. The molecule has 1 aliphatic carbocycles. The number of benzene rings is 1. The van der Waals surface area contributed by atoms with E-state index >= 15 is 0 Å². The Balaban J connectivity index is 1.62. The topological polar surface area (TPSA) is 64.0 Å². The van der Waals surface area contributed by atoms with Gasteiger partial charge in [0.2, 0.25) is 5.91 Å². The molecule has 134 valence electrons. The van der Waals surface area contributed by atoms with E-state index in [-0.39, 0.29) is 18.0 Å². The van der Waals surface area contributed by atoms with E-state index in [1.807, 2.05) is 0 Å². The van der Waals surface area contributed by atoms with Gasteiger partial charge in [-0.25, -0.2) is 4.98 Å². The molecular formula is C19H18ClN3O2S. The standard InChI is InChI=1S/C19H18ClN3O2S/c1-11-5-6-14-15(7-11)26-18-17(14)19(25)23(10-21-18)9-16(24)22-13-4-2-3-12(20)8-13/h2-4,8,10-11H,5-7,9H2,1H3,(H,22,24)/t11-/m0/s1. The van der Waals surface area contributed by atoms with Gasteiger partial charge in [0.05, 0.1) is 11.7 Å². The van der Waals surface area contributed by atoms with Crippen LogP contribution in [0.4, 0.5) is 5.69 Å². The van der Waals surface area contributed by atoms with Crippen molar-refractivity contribution in [3.63, 3.8) is 0 Å². The molecule has 2 heterocycles. The van der Waals surface area contributed by atoms with Gasteiger partial charge in [-0.15, -0.1) is 11.3 Å². The first-order chi connectivity index (χ1) is 12.5. The fourth-order valence-corrected chi connectivity index (χ4v) is 4.93. The number of hydrogen-bond donors (Lipinski definition) is 1. The van der Waals surface area contributed by atoms with Gasteiger partial charge in [0.25, 0.3) is 5.56 Å². The van der Waals surface area contributed by atoms with Crippen molar-refractivity contribution < 1.29 is 4.79 Å². The van der Waals surface area contributed by atoms with Gasteiger partial charge >= 0.3 is 0 Å². The number of aromatic nitrogens is 2. The summed E-state index contributed by atoms with van der Waals surface area (Å²) in [6.07, 6.45) is 4.47. The molecule has 0 aliphatic heterocycles. The highest BCUT2D eigenvalue weighted by Gasteiger charge is 2.23. The molecule has 1 aliphatic rings. The monoisotopic (exact) mass is 387 g/mol. The van der Waals surface area contributed by atoms with Gasteiger partial charge in [-0.3, -0.25) is 14.2 Å². The molecule has 0 saturated heterocycles. The Labute approximate surface area is 159 Å². The van der Waals surface area contributed by atoms with E-state index in [4.69, 9.17) is 11.6 Å². The molecule has 26 heavy (non-hydrogen) atoms. The normalized spacial score (nSPS) is 16.5. The SMILES string of the molecule is C[C@H]1CCc2c(sc3ncn(CC(=O)Nc4cccc(Cl)c4)c(=O)c23)C1. The lowest BCUT2D eigenvalue weighted by Gasteiger charge is -2.17. The Morgan fingerprint density at radius 1 is 1.46 bits per heavy atom. The Morgan fingerprint density at radius 3 is 3.12 bits per heavy atom. The van der Waals surface area contributed by atoms with Crippen molar-refractivity contribution in [2.24, 2.45) is 5.92 Å². The largest absolute Gasteiger partial charge is 0.324 e. The van der Waals surface area contributed by atoms with E-state index in [0.29, 0.717) is 22.0 Å². The fraction of sp³-hybridized carbons (Fsp3) is 0.316. The van der Waals surface area contributed by atoms with Crippen LogP contribution in [0.25, 0.3) is 10.2 Å². The minimum atomic E-state index is -0.284. The number of thiophene rings is 1. The summed E-state index contributed by atoms with van der Waals surface area (Å²) in [6.45, 7) is 2.16. The Kier molecular flexibility index (Phi) is 4.54. The van der Waals surface area contributed by atoms with Crippen LogP contribution in [0.2, 0.25) is 5.02 Å². The molecule has 2 aromatic heterocycles. The fourth-order valence-electron chi connectivity index (χ4n) is 3.40. The zero-order valence-corrected chi connectivity index (χ0v) is 15.9. The van der Waals surface area contributed by atoms with Crippen molar-refractivity contribution in [2.75, 3.05) is 5.32 Å². The van der Waals surface area contributed by atoms with Crippen molar-refractivity contribution in [3.05, 3.63) is 56.4 Å². The third-order valence-electron chi connectivity index (χ3n) is 4.70. The minimum absolute atomic E-state index is 0.0741. The summed E-state index contributed by atoms with van der Waals surface area (Å²) in [7, 11) is 0. The van der Waals surface area contributed by atoms with E-state index < -0.39 is 0 Å². The summed E-state index contributed by atoms with van der Waals surface area (Å²) < 4.78 is 1.38. The molecule has 7 heteroatoms. The van der Waals surface area contributed by atoms with Crippen molar-refractivity contribution in [3.8, 4) is 0 Å². The number of nitrogens with zero attached hydrogens (tertiary/aromatic N) is 2. The summed E-state index contributed by atoms with van der Waals surface area (Å²) in [6, 6.07) is 6.92. The summed E-state index contributed by atoms with van der Waals surface area (Å²) >= 11 is 7.54. The van der Waals surface area contributed by atoms with Gasteiger partial charge in [0.1, 0.15) is 11.4 Å². The molecule has 4 rings (SSSR count). The predicted molar refractivity (Wildman–Crippen MR) is 105 cm³/mol. The maximum atomic E-state index is 12.9. The molecule has 0 fully saturated rings. The van der Waals surface area contributed by atoms with Gasteiger partial charge < -0.3 is 5.32 Å². The van der Waals surface area contributed by atoms with Crippen LogP contribution in [0.15, 0.2) is 35.4 Å². The third kappa shape index (κ3) is 3.27. The summed E-state index contributed by atoms with van der Waals surface area (Å²) in [5, 5.41) is 3.99. The highest BCUT2D eigenvalue weighted by atomic mass is 35.5. The molecule has 3 aromatic rings. The lowest BCUT2D eigenvalue weighted by Crippen LogP contribution is -2.28. The smallest absolute Gasteiger partial charge is 0.262 e. The lowest BCUT2D eigenvalue weighted by atomic mass is 9.89. The van der Waals surface area contributed by atoms with Crippen molar-refractivity contribution >= 4 is 44.7 Å². The second-order valence-electron chi connectivity index (χ2n) is 6.77. The third-order valence-corrected chi connectivity index (χ3v) is 6.10. The minimum Gasteiger partial charge on any atom is -0.324 e. The maximum Gasteiger partial charge on any atom is 0.262 e. The van der Waals surface area contributed by atoms with Gasteiger partial charge in [-0.05, 0) is 48.9 Å². The second kappa shape index (κ2) is 6.85. The van der Waals surface area contributed by atoms with E-state index in [1.165, 1.54) is 15.8 Å². The summed E-state index contributed by atoms with van der Waals surface area (Å²) in [5.41, 5.74) is 1.60. The summed E-state index contributed by atoms with van der Waals surface area (Å²) in [4.78, 5) is 31.7. The van der Waals surface area contributed by atoms with Crippen molar-refractivity contribution in [1.82, 2.24) is 9.55 Å². The number of aryl methyl sites for hydroxylation is 1. The lowest BCUT2D eigenvalue weighted by molar-refractivity contribution is -0.116. The van der Waals surface area contributed by atoms with Gasteiger partial charge in [0, 0.05) is 15.6 Å². The molecule has 0 unspecified atom stereocenters. The molecule has 0 saturated carbocycles. The Morgan fingerprint density at radius 2 is 2.31 bits per heavy atom. The first kappa shape index (κ1) is 17.2. The number of halogens is 1. The number of rotatable bonds is 3. The number of nitrogens with one attached hydrogen (secondary N) is 1. The van der Waals surface area contributed by atoms with E-state index in [2.05, 4.69) is 17.2 Å². The number of anilines is 1. The molecule has 1 atom stereocenters. The molecule has 0 radical (unpaired) electrons. The molecule has 1 amide bonds. The zero-order chi connectivity index (χ0) is 18.3. The second-order valence-corrected chi connectivity index (χ2v) is 8.29. The highest BCUT2D eigenvalue weighted by Crippen LogP contribution is 2.35. The Bertz CT molecular complexity index is 1060. The zero-order valence-electron chi connectivity index (χ0n) is 14.3. The van der Waals surface area contributed by atoms with Crippen LogP contribution >= 0.6 is 22.9 Å². The van der Waals surface area contributed by atoms with Gasteiger partial charge in [0.15, 0.2) is 0 Å². The number of hydrogen-bond acceptors (Lipinski definition) is 4. The van der Waals surface area contributed by atoms with Gasteiger partial charge in [-0.1, -0.05) is 24.6 Å². The first-order valence-electron chi connectivity index (χ1n) is 8.56. The molecule has 0 spiro atoms. The van der Waals surface area contributed by atoms with Crippen molar-refractivity contribution in [1.29, 1.82) is 0 Å². The Hall–Kier alpha value is -2.18. The number of amides is 1. The average Bonchev–Trinajstić information content (AvgIpc) is 2.95. The van der Waals surface area contributed by atoms with Crippen LogP contribution in [0.3, 0.4) is 0 Å². The number of fused-ring (bicyclic) bond motifs is 3. The molecule has 5 nitrogen and oxygen atoms in total. The van der Waals surface area contributed by atoms with Crippen LogP contribution in [-0.4, -0.2) is 15.5 Å². The van der Waals surface area contributed by atoms with Crippen LogP contribution in [0, 0.1) is 5.92 Å². The van der Waals surface area contributed by atoms with E-state index in [0.717, 1.165) is 29.7 Å².